The maximum Gasteiger partial charge on any atom is 0.128 e. The molecule has 204 valence electrons. The van der Waals surface area contributed by atoms with Gasteiger partial charge in [0.1, 0.15) is 11.5 Å². The molecule has 0 aliphatic carbocycles. The molecule has 0 radical (unpaired) electrons. The van der Waals surface area contributed by atoms with E-state index in [1.807, 2.05) is 0 Å². The molecular formula is C33H50N2O2. The van der Waals surface area contributed by atoms with E-state index in [2.05, 4.69) is 103 Å². The number of aromatic hydroxyl groups is 2. The Balaban J connectivity index is 2.13. The average molecular weight is 507 g/mol. The van der Waals surface area contributed by atoms with Gasteiger partial charge in [0.05, 0.1) is 0 Å². The maximum absolute atomic E-state index is 10.9. The molecule has 2 rings (SSSR count). The lowest BCUT2D eigenvalue weighted by Crippen LogP contribution is -2.13. The Morgan fingerprint density at radius 2 is 1.03 bits per heavy atom. The van der Waals surface area contributed by atoms with Crippen LogP contribution in [0.3, 0.4) is 0 Å². The van der Waals surface area contributed by atoms with Crippen molar-refractivity contribution in [1.29, 1.82) is 0 Å². The minimum absolute atomic E-state index is 0.143. The van der Waals surface area contributed by atoms with Gasteiger partial charge in [-0.15, -0.1) is 0 Å². The molecule has 0 bridgehead atoms. The predicted octanol–water partition coefficient (Wildman–Crippen LogP) is 8.65. The summed E-state index contributed by atoms with van der Waals surface area (Å²) in [5.74, 6) is 1.51. The number of hydrogen-bond acceptors (Lipinski definition) is 4. The molecule has 0 aliphatic heterocycles. The van der Waals surface area contributed by atoms with E-state index < -0.39 is 0 Å². The normalized spacial score (nSPS) is 14.5. The highest BCUT2D eigenvalue weighted by Crippen LogP contribution is 2.37. The maximum atomic E-state index is 10.9. The van der Waals surface area contributed by atoms with Gasteiger partial charge in [-0.05, 0) is 65.2 Å². The van der Waals surface area contributed by atoms with E-state index in [0.717, 1.165) is 41.5 Å². The molecule has 0 spiro atoms. The summed E-state index contributed by atoms with van der Waals surface area (Å²) in [4.78, 5) is 9.20. The van der Waals surface area contributed by atoms with Gasteiger partial charge in [0.25, 0.3) is 0 Å². The van der Waals surface area contributed by atoms with Crippen molar-refractivity contribution in [3.8, 4) is 11.5 Å². The molecule has 0 amide bonds. The zero-order chi connectivity index (χ0) is 28.0. The molecule has 4 nitrogen and oxygen atoms in total. The Hall–Kier alpha value is -2.62. The molecule has 2 aromatic carbocycles. The second-order valence-corrected chi connectivity index (χ2v) is 12.6. The third kappa shape index (κ3) is 8.18. The van der Waals surface area contributed by atoms with Crippen molar-refractivity contribution in [3.05, 3.63) is 57.6 Å². The monoisotopic (exact) mass is 506 g/mol. The van der Waals surface area contributed by atoms with Crippen molar-refractivity contribution in [3.63, 3.8) is 0 Å². The lowest BCUT2D eigenvalue weighted by atomic mass is 9.82. The minimum Gasteiger partial charge on any atom is -0.507 e. The SMILES string of the molecule is CCC(C)c1cc(C=NCCCN=Cc2cc(C(C)CC)cc(C(C)(C)C)c2O)c(O)c(C(C)(C)C)c1. The molecule has 2 N–H and O–H groups in total. The summed E-state index contributed by atoms with van der Waals surface area (Å²) in [5, 5.41) is 21.8. The molecule has 37 heavy (non-hydrogen) atoms. The van der Waals surface area contributed by atoms with Crippen molar-refractivity contribution in [1.82, 2.24) is 0 Å². The summed E-state index contributed by atoms with van der Waals surface area (Å²) >= 11 is 0. The average Bonchev–Trinajstić information content (AvgIpc) is 2.82. The number of hydrogen-bond donors (Lipinski definition) is 2. The molecule has 2 aromatic rings. The van der Waals surface area contributed by atoms with E-state index >= 15 is 0 Å². The van der Waals surface area contributed by atoms with Crippen LogP contribution in [0.5, 0.6) is 11.5 Å². The molecule has 4 heteroatoms. The van der Waals surface area contributed by atoms with Crippen LogP contribution in [0.15, 0.2) is 34.3 Å². The van der Waals surface area contributed by atoms with Crippen LogP contribution in [0.25, 0.3) is 0 Å². The van der Waals surface area contributed by atoms with Gasteiger partial charge in [-0.2, -0.15) is 0 Å². The van der Waals surface area contributed by atoms with Crippen molar-refractivity contribution >= 4 is 12.4 Å². The number of phenols is 2. The lowest BCUT2D eigenvalue weighted by molar-refractivity contribution is 0.444. The van der Waals surface area contributed by atoms with Crippen LogP contribution in [0.4, 0.5) is 0 Å². The van der Waals surface area contributed by atoms with Crippen LogP contribution < -0.4 is 0 Å². The van der Waals surface area contributed by atoms with Crippen LogP contribution in [-0.4, -0.2) is 35.7 Å². The van der Waals surface area contributed by atoms with Crippen LogP contribution >= 0.6 is 0 Å². The zero-order valence-electron chi connectivity index (χ0n) is 24.9. The van der Waals surface area contributed by atoms with Crippen molar-refractivity contribution in [2.24, 2.45) is 9.98 Å². The van der Waals surface area contributed by atoms with Gasteiger partial charge >= 0.3 is 0 Å². The topological polar surface area (TPSA) is 65.2 Å². The predicted molar refractivity (Wildman–Crippen MR) is 161 cm³/mol. The van der Waals surface area contributed by atoms with Gasteiger partial charge in [-0.3, -0.25) is 9.98 Å². The van der Waals surface area contributed by atoms with Gasteiger partial charge < -0.3 is 10.2 Å². The van der Waals surface area contributed by atoms with Gasteiger partial charge in [-0.25, -0.2) is 0 Å². The molecule has 0 saturated heterocycles. The fraction of sp³-hybridized carbons (Fsp3) is 0.576. The second kappa shape index (κ2) is 12.8. The Labute approximate surface area is 226 Å². The minimum atomic E-state index is -0.143. The van der Waals surface area contributed by atoms with Crippen LogP contribution in [0, 0.1) is 0 Å². The summed E-state index contributed by atoms with van der Waals surface area (Å²) in [6.45, 7) is 22.8. The smallest absolute Gasteiger partial charge is 0.128 e. The first-order chi connectivity index (χ1) is 17.2. The number of rotatable bonds is 10. The van der Waals surface area contributed by atoms with Crippen molar-refractivity contribution in [2.75, 3.05) is 13.1 Å². The second-order valence-electron chi connectivity index (χ2n) is 12.6. The van der Waals surface area contributed by atoms with Crippen molar-refractivity contribution < 1.29 is 10.2 Å². The van der Waals surface area contributed by atoms with E-state index in [1.54, 1.807) is 12.4 Å². The molecule has 2 atom stereocenters. The number of aliphatic imine (C=N–C) groups is 2. The third-order valence-corrected chi connectivity index (χ3v) is 7.34. The molecule has 0 aromatic heterocycles. The highest BCUT2D eigenvalue weighted by Gasteiger charge is 2.23. The molecule has 2 unspecified atom stereocenters. The standard InChI is InChI=1S/C33H50N2O2/c1-11-22(3)24-16-26(30(36)28(18-24)32(5,6)7)20-34-14-13-15-35-21-27-17-25(23(4)12-2)19-29(31(27)37)33(8,9)10/h16-23,36-37H,11-15H2,1-10H3. The molecule has 0 heterocycles. The summed E-state index contributed by atoms with van der Waals surface area (Å²) in [6.07, 6.45) is 6.50. The van der Waals surface area contributed by atoms with Crippen molar-refractivity contribution in [2.45, 2.75) is 111 Å². The molecule has 0 fully saturated rings. The fourth-order valence-electron chi connectivity index (χ4n) is 4.32. The highest BCUT2D eigenvalue weighted by molar-refractivity contribution is 5.85. The summed E-state index contributed by atoms with van der Waals surface area (Å²) in [6, 6.07) is 8.43. The zero-order valence-corrected chi connectivity index (χ0v) is 24.9. The fourth-order valence-corrected chi connectivity index (χ4v) is 4.32. The quantitative estimate of drug-likeness (QED) is 0.250. The van der Waals surface area contributed by atoms with E-state index in [0.29, 0.717) is 36.4 Å². The molecular weight excluding hydrogens is 456 g/mol. The highest BCUT2D eigenvalue weighted by atomic mass is 16.3. The van der Waals surface area contributed by atoms with E-state index in [4.69, 9.17) is 0 Å². The first-order valence-corrected chi connectivity index (χ1v) is 13.9. The summed E-state index contributed by atoms with van der Waals surface area (Å²) in [7, 11) is 0. The van der Waals surface area contributed by atoms with Crippen LogP contribution in [-0.2, 0) is 10.8 Å². The number of benzene rings is 2. The summed E-state index contributed by atoms with van der Waals surface area (Å²) < 4.78 is 0. The molecule has 0 saturated carbocycles. The third-order valence-electron chi connectivity index (χ3n) is 7.34. The Morgan fingerprint density at radius 1 is 0.676 bits per heavy atom. The van der Waals surface area contributed by atoms with Gasteiger partial charge in [0.15, 0.2) is 0 Å². The van der Waals surface area contributed by atoms with Gasteiger partial charge in [-0.1, -0.05) is 81.4 Å². The van der Waals surface area contributed by atoms with Crippen LogP contribution in [0.2, 0.25) is 0 Å². The van der Waals surface area contributed by atoms with Crippen LogP contribution in [0.1, 0.15) is 134 Å². The first-order valence-electron chi connectivity index (χ1n) is 13.9. The van der Waals surface area contributed by atoms with Gasteiger partial charge in [0, 0.05) is 47.8 Å². The first kappa shape index (κ1) is 30.6. The number of nitrogens with zero attached hydrogens (tertiary/aromatic N) is 2. The molecule has 0 aliphatic rings. The largest absolute Gasteiger partial charge is 0.507 e. The summed E-state index contributed by atoms with van der Waals surface area (Å²) in [5.41, 5.74) is 5.69. The lowest BCUT2D eigenvalue weighted by Gasteiger charge is -2.24. The van der Waals surface area contributed by atoms with E-state index in [-0.39, 0.29) is 10.8 Å². The van der Waals surface area contributed by atoms with E-state index in [1.165, 1.54) is 11.1 Å². The Bertz CT molecular complexity index is 1010. The van der Waals surface area contributed by atoms with E-state index in [9.17, 15) is 10.2 Å². The Morgan fingerprint density at radius 3 is 1.32 bits per heavy atom. The Kier molecular flexibility index (Phi) is 10.6. The number of phenolic OH excluding ortho intramolecular Hbond substituents is 2. The van der Waals surface area contributed by atoms with Gasteiger partial charge in [0.2, 0.25) is 0 Å².